The van der Waals surface area contributed by atoms with E-state index >= 15 is 0 Å². The predicted molar refractivity (Wildman–Crippen MR) is 111 cm³/mol. The molecule has 0 aliphatic heterocycles. The molecule has 0 fully saturated rings. The summed E-state index contributed by atoms with van der Waals surface area (Å²) in [6.07, 6.45) is 8.35. The molecule has 0 bridgehead atoms. The van der Waals surface area contributed by atoms with E-state index in [0.29, 0.717) is 13.2 Å². The molecule has 0 radical (unpaired) electrons. The van der Waals surface area contributed by atoms with Crippen molar-refractivity contribution in [3.05, 3.63) is 35.4 Å². The number of oxime groups is 1. The minimum atomic E-state index is 0.532. The molecule has 1 aromatic carbocycles. The van der Waals surface area contributed by atoms with Crippen molar-refractivity contribution in [2.45, 2.75) is 53.4 Å². The van der Waals surface area contributed by atoms with Crippen LogP contribution in [-0.4, -0.2) is 39.2 Å². The highest BCUT2D eigenvalue weighted by molar-refractivity contribution is 5.82. The fraction of sp³-hybridized carbons (Fsp3) is 0.591. The van der Waals surface area contributed by atoms with Crippen molar-refractivity contribution in [3.8, 4) is 11.5 Å². The molecule has 1 aromatic rings. The van der Waals surface area contributed by atoms with E-state index in [9.17, 15) is 0 Å². The second kappa shape index (κ2) is 14.1. The Morgan fingerprint density at radius 2 is 1.67 bits per heavy atom. The minimum absolute atomic E-state index is 0.532. The summed E-state index contributed by atoms with van der Waals surface area (Å²) in [5, 5.41) is 3.81. The fourth-order valence-electron chi connectivity index (χ4n) is 2.70. The van der Waals surface area contributed by atoms with E-state index in [1.807, 2.05) is 38.1 Å². The Labute approximate surface area is 164 Å². The number of benzene rings is 1. The van der Waals surface area contributed by atoms with Crippen molar-refractivity contribution < 1.29 is 19.0 Å². The van der Waals surface area contributed by atoms with Crippen LogP contribution in [0, 0.1) is 13.8 Å². The standard InChI is InChI=1S/C22H35NO4/c1-6-7-13-26-21-15-18(2)22(19(3)16-21)27-14-11-9-8-10-12-25-17-20(4)23-24-5/h6-7,15-16H,8-14,17H2,1-5H3/b7-6+,23-20+. The van der Waals surface area contributed by atoms with Crippen LogP contribution in [0.1, 0.15) is 50.7 Å². The molecule has 0 N–H and O–H groups in total. The Balaban J connectivity index is 2.20. The highest BCUT2D eigenvalue weighted by atomic mass is 16.6. The Morgan fingerprint density at radius 1 is 1.00 bits per heavy atom. The molecule has 0 aliphatic carbocycles. The van der Waals surface area contributed by atoms with Crippen LogP contribution in [0.5, 0.6) is 11.5 Å². The SMILES string of the molecule is C/C=C/COc1cc(C)c(OCCCCCCOC/C(C)=N/OC)c(C)c1. The van der Waals surface area contributed by atoms with Crippen molar-refractivity contribution in [1.29, 1.82) is 0 Å². The van der Waals surface area contributed by atoms with Crippen molar-refractivity contribution in [2.24, 2.45) is 5.16 Å². The first-order chi connectivity index (χ1) is 13.1. The first kappa shape index (κ1) is 23.0. The van der Waals surface area contributed by atoms with Crippen molar-refractivity contribution >= 4 is 5.71 Å². The van der Waals surface area contributed by atoms with Gasteiger partial charge in [-0.1, -0.05) is 23.7 Å². The van der Waals surface area contributed by atoms with Gasteiger partial charge in [0.05, 0.1) is 18.9 Å². The molecule has 152 valence electrons. The molecular formula is C22H35NO4. The number of unbranched alkanes of at least 4 members (excludes halogenated alkanes) is 3. The first-order valence-corrected chi connectivity index (χ1v) is 9.70. The number of allylic oxidation sites excluding steroid dienone is 1. The molecule has 0 heterocycles. The van der Waals surface area contributed by atoms with Crippen LogP contribution in [0.25, 0.3) is 0 Å². The van der Waals surface area contributed by atoms with E-state index in [2.05, 4.69) is 19.0 Å². The molecular weight excluding hydrogens is 342 g/mol. The molecule has 0 saturated carbocycles. The van der Waals surface area contributed by atoms with Crippen LogP contribution in [0.15, 0.2) is 29.4 Å². The lowest BCUT2D eigenvalue weighted by atomic mass is 10.1. The summed E-state index contributed by atoms with van der Waals surface area (Å²) in [7, 11) is 1.54. The van der Waals surface area contributed by atoms with Gasteiger partial charge in [0.15, 0.2) is 0 Å². The highest BCUT2D eigenvalue weighted by Crippen LogP contribution is 2.28. The fourth-order valence-corrected chi connectivity index (χ4v) is 2.70. The lowest BCUT2D eigenvalue weighted by Crippen LogP contribution is -2.06. The van der Waals surface area contributed by atoms with E-state index in [-0.39, 0.29) is 0 Å². The third-order valence-electron chi connectivity index (χ3n) is 4.00. The summed E-state index contributed by atoms with van der Waals surface area (Å²) in [6, 6.07) is 4.08. The van der Waals surface area contributed by atoms with Crippen molar-refractivity contribution in [2.75, 3.05) is 33.5 Å². The van der Waals surface area contributed by atoms with Gasteiger partial charge in [-0.15, -0.1) is 0 Å². The van der Waals surface area contributed by atoms with Gasteiger partial charge in [-0.2, -0.15) is 0 Å². The third kappa shape index (κ3) is 10.0. The maximum Gasteiger partial charge on any atom is 0.125 e. The molecule has 5 heteroatoms. The zero-order valence-electron chi connectivity index (χ0n) is 17.5. The number of nitrogens with zero attached hydrogens (tertiary/aromatic N) is 1. The Kier molecular flexibility index (Phi) is 12.0. The summed E-state index contributed by atoms with van der Waals surface area (Å²) < 4.78 is 17.3. The average Bonchev–Trinajstić information content (AvgIpc) is 2.62. The summed E-state index contributed by atoms with van der Waals surface area (Å²) in [6.45, 7) is 10.6. The second-order valence-electron chi connectivity index (χ2n) is 6.59. The number of hydrogen-bond donors (Lipinski definition) is 0. The number of rotatable bonds is 14. The molecule has 0 unspecified atom stereocenters. The first-order valence-electron chi connectivity index (χ1n) is 9.70. The van der Waals surface area contributed by atoms with E-state index in [1.54, 1.807) is 7.11 Å². The highest BCUT2D eigenvalue weighted by Gasteiger charge is 2.07. The number of hydrogen-bond acceptors (Lipinski definition) is 5. The largest absolute Gasteiger partial charge is 0.493 e. The Morgan fingerprint density at radius 3 is 2.30 bits per heavy atom. The topological polar surface area (TPSA) is 49.3 Å². The summed E-state index contributed by atoms with van der Waals surface area (Å²) in [5.41, 5.74) is 3.09. The van der Waals surface area contributed by atoms with Crippen LogP contribution < -0.4 is 9.47 Å². The normalized spacial score (nSPS) is 11.8. The number of ether oxygens (including phenoxy) is 3. The van der Waals surface area contributed by atoms with Crippen molar-refractivity contribution in [1.82, 2.24) is 0 Å². The quantitative estimate of drug-likeness (QED) is 0.193. The van der Waals surface area contributed by atoms with Crippen molar-refractivity contribution in [3.63, 3.8) is 0 Å². The lowest BCUT2D eigenvalue weighted by Gasteiger charge is -2.14. The van der Waals surface area contributed by atoms with Gasteiger partial charge >= 0.3 is 0 Å². The van der Waals surface area contributed by atoms with E-state index in [0.717, 1.165) is 67.2 Å². The lowest BCUT2D eigenvalue weighted by molar-refractivity contribution is 0.157. The van der Waals surface area contributed by atoms with Gasteiger partial charge in [-0.3, -0.25) is 0 Å². The van der Waals surface area contributed by atoms with Gasteiger partial charge in [0.2, 0.25) is 0 Å². The molecule has 0 aromatic heterocycles. The Hall–Kier alpha value is -2.01. The molecule has 0 spiro atoms. The second-order valence-corrected chi connectivity index (χ2v) is 6.59. The molecule has 27 heavy (non-hydrogen) atoms. The average molecular weight is 378 g/mol. The van der Waals surface area contributed by atoms with E-state index < -0.39 is 0 Å². The summed E-state index contributed by atoms with van der Waals surface area (Å²) in [5.74, 6) is 1.87. The van der Waals surface area contributed by atoms with E-state index in [4.69, 9.17) is 19.0 Å². The van der Waals surface area contributed by atoms with Gasteiger partial charge in [-0.05, 0) is 70.2 Å². The zero-order valence-corrected chi connectivity index (χ0v) is 17.5. The van der Waals surface area contributed by atoms with Crippen LogP contribution in [-0.2, 0) is 9.57 Å². The molecule has 5 nitrogen and oxygen atoms in total. The molecule has 0 atom stereocenters. The van der Waals surface area contributed by atoms with Gasteiger partial charge in [0.1, 0.15) is 25.2 Å². The molecule has 1 rings (SSSR count). The van der Waals surface area contributed by atoms with E-state index in [1.165, 1.54) is 0 Å². The molecule has 0 saturated heterocycles. The van der Waals surface area contributed by atoms with Crippen LogP contribution in [0.4, 0.5) is 0 Å². The van der Waals surface area contributed by atoms with Crippen LogP contribution in [0.3, 0.4) is 0 Å². The predicted octanol–water partition coefficient (Wildman–Crippen LogP) is 5.24. The van der Waals surface area contributed by atoms with Gasteiger partial charge in [-0.25, -0.2) is 0 Å². The van der Waals surface area contributed by atoms with Gasteiger partial charge in [0, 0.05) is 6.61 Å². The maximum atomic E-state index is 6.00. The number of aryl methyl sites for hydroxylation is 2. The third-order valence-corrected chi connectivity index (χ3v) is 4.00. The van der Waals surface area contributed by atoms with Gasteiger partial charge in [0.25, 0.3) is 0 Å². The molecule has 0 amide bonds. The minimum Gasteiger partial charge on any atom is -0.493 e. The maximum absolute atomic E-state index is 6.00. The zero-order chi connectivity index (χ0) is 19.9. The molecule has 0 aliphatic rings. The van der Waals surface area contributed by atoms with Crippen LogP contribution >= 0.6 is 0 Å². The van der Waals surface area contributed by atoms with Crippen LogP contribution in [0.2, 0.25) is 0 Å². The summed E-state index contributed by atoms with van der Waals surface area (Å²) >= 11 is 0. The smallest absolute Gasteiger partial charge is 0.125 e. The Bertz CT molecular complexity index is 573. The summed E-state index contributed by atoms with van der Waals surface area (Å²) in [4.78, 5) is 4.69. The monoisotopic (exact) mass is 377 g/mol. The van der Waals surface area contributed by atoms with Gasteiger partial charge < -0.3 is 19.0 Å².